The van der Waals surface area contributed by atoms with Gasteiger partial charge >= 0.3 is 0 Å². The first-order valence-corrected chi connectivity index (χ1v) is 19.3. The Bertz CT molecular complexity index is 350. The molecule has 2 heteroatoms. The second-order valence-corrected chi connectivity index (χ2v) is 13.5. The molecule has 0 amide bonds. The van der Waals surface area contributed by atoms with Gasteiger partial charge < -0.3 is 5.11 Å². The summed E-state index contributed by atoms with van der Waals surface area (Å²) in [7, 11) is 0. The summed E-state index contributed by atoms with van der Waals surface area (Å²) >= 11 is 2.14. The monoisotopic (exact) mass is 555 g/mol. The molecule has 0 aromatic carbocycles. The lowest BCUT2D eigenvalue weighted by Crippen LogP contribution is -1.88. The van der Waals surface area contributed by atoms with Crippen molar-refractivity contribution in [3.05, 3.63) is 0 Å². The Morgan fingerprint density at radius 1 is 0.289 bits per heavy atom. The first kappa shape index (κ1) is 38.3. The minimum atomic E-state index is 0.368. The van der Waals surface area contributed by atoms with Crippen LogP contribution >= 0.6 is 11.8 Å². The van der Waals surface area contributed by atoms with Gasteiger partial charge in [0.05, 0.1) is 0 Å². The van der Waals surface area contributed by atoms with Gasteiger partial charge in [-0.05, 0) is 30.8 Å². The van der Waals surface area contributed by atoms with E-state index in [2.05, 4.69) is 18.7 Å². The normalized spacial score (nSPS) is 11.5. The van der Waals surface area contributed by atoms with E-state index in [1.807, 2.05) is 0 Å². The van der Waals surface area contributed by atoms with E-state index in [4.69, 9.17) is 5.11 Å². The van der Waals surface area contributed by atoms with Crippen LogP contribution in [0.25, 0.3) is 0 Å². The summed E-state index contributed by atoms with van der Waals surface area (Å²) in [5, 5.41) is 8.78. The molecule has 1 nitrogen and oxygen atoms in total. The van der Waals surface area contributed by atoms with Crippen LogP contribution in [0.5, 0.6) is 0 Å². The van der Waals surface area contributed by atoms with Crippen LogP contribution in [0.1, 0.15) is 212 Å². The molecule has 0 aliphatic rings. The summed E-state index contributed by atoms with van der Waals surface area (Å²) in [6.45, 7) is 2.67. The number of aliphatic hydroxyl groups is 1. The fourth-order valence-electron chi connectivity index (χ4n) is 5.65. The van der Waals surface area contributed by atoms with Crippen LogP contribution in [0.2, 0.25) is 0 Å². The predicted octanol–water partition coefficient (Wildman–Crippen LogP) is 13.2. The Hall–Kier alpha value is 0.310. The van der Waals surface area contributed by atoms with Gasteiger partial charge in [0.1, 0.15) is 0 Å². The lowest BCUT2D eigenvalue weighted by atomic mass is 10.0. The second kappa shape index (κ2) is 37.3. The van der Waals surface area contributed by atoms with Gasteiger partial charge in [-0.1, -0.05) is 193 Å². The van der Waals surface area contributed by atoms with Crippen molar-refractivity contribution in [3.63, 3.8) is 0 Å². The Labute approximate surface area is 246 Å². The molecule has 0 unspecified atom stereocenters. The van der Waals surface area contributed by atoms with Crippen molar-refractivity contribution >= 4 is 11.8 Å². The molecule has 0 aromatic rings. The van der Waals surface area contributed by atoms with Crippen LogP contribution in [0.15, 0.2) is 0 Å². The Morgan fingerprint density at radius 3 is 0.737 bits per heavy atom. The molecular formula is C36H74OS. The number of rotatable bonds is 35. The quantitative estimate of drug-likeness (QED) is 0.0786. The largest absolute Gasteiger partial charge is 0.396 e. The highest BCUT2D eigenvalue weighted by atomic mass is 32.2. The number of thioether (sulfide) groups is 1. The van der Waals surface area contributed by atoms with Gasteiger partial charge in [0.2, 0.25) is 0 Å². The van der Waals surface area contributed by atoms with E-state index in [0.29, 0.717) is 6.61 Å². The molecule has 0 aromatic heterocycles. The molecule has 0 atom stereocenters. The fraction of sp³-hybridized carbons (Fsp3) is 1.00. The van der Waals surface area contributed by atoms with Crippen molar-refractivity contribution in [1.82, 2.24) is 0 Å². The van der Waals surface area contributed by atoms with Crippen molar-refractivity contribution in [2.45, 2.75) is 212 Å². The van der Waals surface area contributed by atoms with E-state index in [0.717, 1.165) is 6.42 Å². The SMILES string of the molecule is CCCCCCCCCCCCCCCCCCCCCCCCCCCCCCSCCCCCCO. The first-order valence-electron chi connectivity index (χ1n) is 18.1. The number of hydrogen-bond acceptors (Lipinski definition) is 2. The molecule has 0 aliphatic heterocycles. The third-order valence-electron chi connectivity index (χ3n) is 8.34. The number of unbranched alkanes of at least 4 members (excludes halogenated alkanes) is 30. The van der Waals surface area contributed by atoms with Crippen molar-refractivity contribution < 1.29 is 5.11 Å². The lowest BCUT2D eigenvalue weighted by Gasteiger charge is -2.05. The highest BCUT2D eigenvalue weighted by Gasteiger charge is 1.97. The Kier molecular flexibility index (Phi) is 37.6. The average molecular weight is 555 g/mol. The molecule has 0 rings (SSSR count). The summed E-state index contributed by atoms with van der Waals surface area (Å²) in [5.41, 5.74) is 0. The molecule has 0 saturated heterocycles. The summed E-state index contributed by atoms with van der Waals surface area (Å²) in [4.78, 5) is 0. The maximum atomic E-state index is 8.78. The van der Waals surface area contributed by atoms with Gasteiger partial charge in [-0.2, -0.15) is 11.8 Å². The van der Waals surface area contributed by atoms with Gasteiger partial charge in [0.25, 0.3) is 0 Å². The second-order valence-electron chi connectivity index (χ2n) is 12.3. The molecule has 0 heterocycles. The van der Waals surface area contributed by atoms with Gasteiger partial charge in [-0.15, -0.1) is 0 Å². The van der Waals surface area contributed by atoms with E-state index in [9.17, 15) is 0 Å². The number of aliphatic hydroxyl groups excluding tert-OH is 1. The topological polar surface area (TPSA) is 20.2 Å². The highest BCUT2D eigenvalue weighted by molar-refractivity contribution is 7.99. The number of hydrogen-bond donors (Lipinski definition) is 1. The summed E-state index contributed by atoms with van der Waals surface area (Å²) in [6, 6.07) is 0. The minimum absolute atomic E-state index is 0.368. The fourth-order valence-corrected chi connectivity index (χ4v) is 6.67. The molecule has 0 spiro atoms. The van der Waals surface area contributed by atoms with E-state index >= 15 is 0 Å². The average Bonchev–Trinajstić information content (AvgIpc) is 2.93. The summed E-state index contributed by atoms with van der Waals surface area (Å²) in [5.74, 6) is 2.68. The third kappa shape index (κ3) is 36.3. The van der Waals surface area contributed by atoms with Crippen molar-refractivity contribution in [2.24, 2.45) is 0 Å². The van der Waals surface area contributed by atoms with Gasteiger partial charge in [0, 0.05) is 6.61 Å². The zero-order valence-electron chi connectivity index (χ0n) is 26.6. The molecule has 0 aliphatic carbocycles. The Morgan fingerprint density at radius 2 is 0.500 bits per heavy atom. The standard InChI is InChI=1S/C36H74OS/c1-2-3-4-5-6-7-8-9-10-11-12-13-14-15-16-17-18-19-20-21-22-23-24-25-26-27-29-32-35-38-36-33-30-28-31-34-37/h37H,2-36H2,1H3. The van der Waals surface area contributed by atoms with Crippen LogP contribution in [0.4, 0.5) is 0 Å². The lowest BCUT2D eigenvalue weighted by molar-refractivity contribution is 0.283. The van der Waals surface area contributed by atoms with Gasteiger partial charge in [0.15, 0.2) is 0 Å². The predicted molar refractivity (Wildman–Crippen MR) is 178 cm³/mol. The van der Waals surface area contributed by atoms with Crippen molar-refractivity contribution in [1.29, 1.82) is 0 Å². The van der Waals surface area contributed by atoms with Crippen LogP contribution in [0, 0.1) is 0 Å². The summed E-state index contributed by atoms with van der Waals surface area (Å²) < 4.78 is 0. The minimum Gasteiger partial charge on any atom is -0.396 e. The zero-order valence-corrected chi connectivity index (χ0v) is 27.4. The maximum Gasteiger partial charge on any atom is 0.0431 e. The Balaban J connectivity index is 3.01. The smallest absolute Gasteiger partial charge is 0.0431 e. The molecule has 1 N–H and O–H groups in total. The van der Waals surface area contributed by atoms with Crippen LogP contribution in [-0.4, -0.2) is 23.2 Å². The maximum absolute atomic E-state index is 8.78. The van der Waals surface area contributed by atoms with Crippen molar-refractivity contribution in [3.8, 4) is 0 Å². The molecule has 0 bridgehead atoms. The molecule has 38 heavy (non-hydrogen) atoms. The summed E-state index contributed by atoms with van der Waals surface area (Å²) in [6.07, 6.45) is 46.1. The van der Waals surface area contributed by atoms with E-state index in [1.165, 1.54) is 211 Å². The zero-order chi connectivity index (χ0) is 27.5. The molecule has 0 radical (unpaired) electrons. The third-order valence-corrected chi connectivity index (χ3v) is 9.49. The van der Waals surface area contributed by atoms with E-state index in [1.54, 1.807) is 0 Å². The van der Waals surface area contributed by atoms with Crippen LogP contribution < -0.4 is 0 Å². The van der Waals surface area contributed by atoms with Crippen molar-refractivity contribution in [2.75, 3.05) is 18.1 Å². The first-order chi connectivity index (χ1) is 18.9. The molecule has 0 fully saturated rings. The van der Waals surface area contributed by atoms with E-state index < -0.39 is 0 Å². The van der Waals surface area contributed by atoms with Gasteiger partial charge in [-0.3, -0.25) is 0 Å². The van der Waals surface area contributed by atoms with Crippen LogP contribution in [0.3, 0.4) is 0 Å². The van der Waals surface area contributed by atoms with Gasteiger partial charge in [-0.25, -0.2) is 0 Å². The molecule has 0 saturated carbocycles. The molecule has 230 valence electrons. The highest BCUT2D eigenvalue weighted by Crippen LogP contribution is 2.17. The van der Waals surface area contributed by atoms with E-state index in [-0.39, 0.29) is 0 Å². The van der Waals surface area contributed by atoms with Crippen LogP contribution in [-0.2, 0) is 0 Å². The molecular weight excluding hydrogens is 480 g/mol.